The van der Waals surface area contributed by atoms with Gasteiger partial charge in [0.2, 0.25) is 0 Å². The van der Waals surface area contributed by atoms with Crippen molar-refractivity contribution in [3.8, 4) is 0 Å². The molecule has 0 spiro atoms. The summed E-state index contributed by atoms with van der Waals surface area (Å²) in [6, 6.07) is 2.10. The van der Waals surface area contributed by atoms with Crippen molar-refractivity contribution < 1.29 is 14.1 Å². The Morgan fingerprint density at radius 3 is 2.89 bits per heavy atom. The molecule has 4 rings (SSSR count). The number of hydrogen-bond acceptors (Lipinski definition) is 8. The van der Waals surface area contributed by atoms with Gasteiger partial charge in [-0.25, -0.2) is 14.8 Å². The predicted molar refractivity (Wildman–Crippen MR) is 103 cm³/mol. The third kappa shape index (κ3) is 3.07. The number of aryl methyl sites for hydroxylation is 3. The van der Waals surface area contributed by atoms with Crippen LogP contribution in [0.25, 0.3) is 10.2 Å². The Morgan fingerprint density at radius 2 is 2.19 bits per heavy atom. The van der Waals surface area contributed by atoms with Crippen LogP contribution in [0.4, 0.5) is 5.82 Å². The number of nitrogens with zero attached hydrogens (tertiary/aromatic N) is 4. The van der Waals surface area contributed by atoms with Gasteiger partial charge in [-0.05, 0) is 46.1 Å². The van der Waals surface area contributed by atoms with Crippen LogP contribution in [0.5, 0.6) is 0 Å². The lowest BCUT2D eigenvalue weighted by Crippen LogP contribution is -2.24. The standard InChI is InChI=1S/C19H22N4O3S/c1-5-25-19(24)16-11(3)15-17(20-12(4)21-18(15)27-16)23-8-6-7-14(23)13-9-10(2)26-22-13/h9,14H,5-8H2,1-4H3/t14-/m1/s1. The predicted octanol–water partition coefficient (Wildman–Crippen LogP) is 4.12. The molecule has 0 aromatic carbocycles. The molecule has 0 N–H and O–H groups in total. The van der Waals surface area contributed by atoms with Gasteiger partial charge in [-0.3, -0.25) is 0 Å². The number of carbonyl (C=O) groups excluding carboxylic acids is 1. The molecule has 0 amide bonds. The summed E-state index contributed by atoms with van der Waals surface area (Å²) < 4.78 is 10.5. The van der Waals surface area contributed by atoms with Crippen LogP contribution < -0.4 is 4.90 Å². The van der Waals surface area contributed by atoms with E-state index in [2.05, 4.69) is 15.0 Å². The van der Waals surface area contributed by atoms with Crippen molar-refractivity contribution in [1.29, 1.82) is 0 Å². The maximum absolute atomic E-state index is 12.3. The Kier molecular flexibility index (Phi) is 4.59. The first-order valence-electron chi connectivity index (χ1n) is 9.14. The SMILES string of the molecule is CCOC(=O)c1sc2nc(C)nc(N3CCC[C@@H]3c3cc(C)on3)c2c1C. The molecule has 142 valence electrons. The molecule has 3 aromatic heterocycles. The minimum absolute atomic E-state index is 0.116. The Hall–Kier alpha value is -2.48. The van der Waals surface area contributed by atoms with E-state index in [4.69, 9.17) is 14.2 Å². The van der Waals surface area contributed by atoms with Gasteiger partial charge in [-0.15, -0.1) is 11.3 Å². The molecule has 0 bridgehead atoms. The smallest absolute Gasteiger partial charge is 0.348 e. The number of hydrogen-bond donors (Lipinski definition) is 0. The summed E-state index contributed by atoms with van der Waals surface area (Å²) in [5.74, 6) is 2.06. The van der Waals surface area contributed by atoms with E-state index in [1.807, 2.05) is 33.8 Å². The third-order valence-electron chi connectivity index (χ3n) is 4.86. The van der Waals surface area contributed by atoms with Crippen molar-refractivity contribution in [2.45, 2.75) is 46.6 Å². The van der Waals surface area contributed by atoms with Gasteiger partial charge >= 0.3 is 5.97 Å². The van der Waals surface area contributed by atoms with Gasteiger partial charge in [0.25, 0.3) is 0 Å². The summed E-state index contributed by atoms with van der Waals surface area (Å²) >= 11 is 1.37. The number of carbonyl (C=O) groups is 1. The lowest BCUT2D eigenvalue weighted by Gasteiger charge is -2.25. The largest absolute Gasteiger partial charge is 0.462 e. The maximum atomic E-state index is 12.3. The molecule has 1 aliphatic heterocycles. The number of fused-ring (bicyclic) bond motifs is 1. The highest BCUT2D eigenvalue weighted by molar-refractivity contribution is 7.20. The lowest BCUT2D eigenvalue weighted by molar-refractivity contribution is 0.0531. The molecule has 7 nitrogen and oxygen atoms in total. The molecule has 0 radical (unpaired) electrons. The summed E-state index contributed by atoms with van der Waals surface area (Å²) in [7, 11) is 0. The molecule has 1 fully saturated rings. The fraction of sp³-hybridized carbons (Fsp3) is 0.474. The summed E-state index contributed by atoms with van der Waals surface area (Å²) in [5.41, 5.74) is 1.80. The second-order valence-corrected chi connectivity index (χ2v) is 7.76. The number of thiophene rings is 1. The average Bonchev–Trinajstić information content (AvgIpc) is 3.33. The van der Waals surface area contributed by atoms with E-state index in [1.54, 1.807) is 0 Å². The summed E-state index contributed by atoms with van der Waals surface area (Å²) in [4.78, 5) is 25.4. The van der Waals surface area contributed by atoms with Crippen molar-refractivity contribution in [1.82, 2.24) is 15.1 Å². The quantitative estimate of drug-likeness (QED) is 0.624. The minimum atomic E-state index is -0.299. The number of rotatable bonds is 4. The molecule has 3 aromatic rings. The van der Waals surface area contributed by atoms with E-state index in [1.165, 1.54) is 11.3 Å². The fourth-order valence-corrected chi connectivity index (χ4v) is 4.81. The number of esters is 1. The zero-order valence-corrected chi connectivity index (χ0v) is 16.7. The molecule has 1 aliphatic rings. The topological polar surface area (TPSA) is 81.4 Å². The van der Waals surface area contributed by atoms with Crippen molar-refractivity contribution in [2.75, 3.05) is 18.1 Å². The van der Waals surface area contributed by atoms with Gasteiger partial charge < -0.3 is 14.2 Å². The molecule has 27 heavy (non-hydrogen) atoms. The second kappa shape index (κ2) is 6.92. The molecule has 4 heterocycles. The summed E-state index contributed by atoms with van der Waals surface area (Å²) in [6.07, 6.45) is 2.04. The van der Waals surface area contributed by atoms with Crippen molar-refractivity contribution >= 4 is 33.3 Å². The van der Waals surface area contributed by atoms with Crippen LogP contribution in [0.15, 0.2) is 10.6 Å². The Morgan fingerprint density at radius 1 is 1.37 bits per heavy atom. The molecular formula is C19H22N4O3S. The van der Waals surface area contributed by atoms with Gasteiger partial charge in [0.1, 0.15) is 32.8 Å². The van der Waals surface area contributed by atoms with E-state index >= 15 is 0 Å². The molecule has 0 saturated carbocycles. The zero-order chi connectivity index (χ0) is 19.1. The molecule has 8 heteroatoms. The molecule has 0 aliphatic carbocycles. The van der Waals surface area contributed by atoms with Crippen LogP contribution in [0, 0.1) is 20.8 Å². The normalized spacial score (nSPS) is 17.0. The van der Waals surface area contributed by atoms with Gasteiger partial charge in [0.05, 0.1) is 18.0 Å². The Labute approximate surface area is 161 Å². The minimum Gasteiger partial charge on any atom is -0.462 e. The summed E-state index contributed by atoms with van der Waals surface area (Å²) in [5, 5.41) is 5.16. The first kappa shape index (κ1) is 17.9. The van der Waals surface area contributed by atoms with Crippen LogP contribution in [-0.2, 0) is 4.74 Å². The van der Waals surface area contributed by atoms with E-state index in [0.717, 1.165) is 52.4 Å². The van der Waals surface area contributed by atoms with Gasteiger partial charge in [0, 0.05) is 12.6 Å². The van der Waals surface area contributed by atoms with Crippen LogP contribution >= 0.6 is 11.3 Å². The molecule has 0 unspecified atom stereocenters. The highest BCUT2D eigenvalue weighted by atomic mass is 32.1. The monoisotopic (exact) mass is 386 g/mol. The van der Waals surface area contributed by atoms with E-state index in [9.17, 15) is 4.79 Å². The highest BCUT2D eigenvalue weighted by Gasteiger charge is 2.32. The third-order valence-corrected chi connectivity index (χ3v) is 6.02. The molecular weight excluding hydrogens is 364 g/mol. The van der Waals surface area contributed by atoms with E-state index in [-0.39, 0.29) is 12.0 Å². The average molecular weight is 386 g/mol. The molecule has 1 saturated heterocycles. The highest BCUT2D eigenvalue weighted by Crippen LogP contribution is 2.41. The molecule has 1 atom stereocenters. The fourth-order valence-electron chi connectivity index (χ4n) is 3.69. The number of aromatic nitrogens is 3. The first-order valence-corrected chi connectivity index (χ1v) is 9.96. The van der Waals surface area contributed by atoms with Crippen LogP contribution in [0.3, 0.4) is 0 Å². The van der Waals surface area contributed by atoms with Crippen LogP contribution in [-0.4, -0.2) is 34.2 Å². The van der Waals surface area contributed by atoms with Crippen molar-refractivity contribution in [3.05, 3.63) is 33.8 Å². The van der Waals surface area contributed by atoms with Crippen LogP contribution in [0.2, 0.25) is 0 Å². The van der Waals surface area contributed by atoms with Crippen molar-refractivity contribution in [2.24, 2.45) is 0 Å². The van der Waals surface area contributed by atoms with Crippen molar-refractivity contribution in [3.63, 3.8) is 0 Å². The zero-order valence-electron chi connectivity index (χ0n) is 15.9. The first-order chi connectivity index (χ1) is 13.0. The van der Waals surface area contributed by atoms with E-state index in [0.29, 0.717) is 17.3 Å². The van der Waals surface area contributed by atoms with Crippen LogP contribution in [0.1, 0.15) is 58.3 Å². The maximum Gasteiger partial charge on any atom is 0.348 e. The van der Waals surface area contributed by atoms with Gasteiger partial charge in [-0.1, -0.05) is 5.16 Å². The Balaban J connectivity index is 1.84. The number of anilines is 1. The van der Waals surface area contributed by atoms with E-state index < -0.39 is 0 Å². The second-order valence-electron chi connectivity index (χ2n) is 6.77. The summed E-state index contributed by atoms with van der Waals surface area (Å²) in [6.45, 7) is 8.77. The van der Waals surface area contributed by atoms with Gasteiger partial charge in [-0.2, -0.15) is 0 Å². The number of ether oxygens (including phenoxy) is 1. The Bertz CT molecular complexity index is 1010. The van der Waals surface area contributed by atoms with Gasteiger partial charge in [0.15, 0.2) is 0 Å². The lowest BCUT2D eigenvalue weighted by atomic mass is 10.1.